The summed E-state index contributed by atoms with van der Waals surface area (Å²) in [5, 5.41) is 1.94. The predicted molar refractivity (Wildman–Crippen MR) is 113 cm³/mol. The highest BCUT2D eigenvalue weighted by atomic mass is 32.2. The lowest BCUT2D eigenvalue weighted by atomic mass is 10.1. The number of sulfonamides is 1. The number of hydrogen-bond donors (Lipinski definition) is 1. The quantitative estimate of drug-likeness (QED) is 0.702. The highest BCUT2D eigenvalue weighted by Gasteiger charge is 2.28. The molecule has 2 N–H and O–H groups in total. The van der Waals surface area contributed by atoms with E-state index in [9.17, 15) is 13.2 Å². The van der Waals surface area contributed by atoms with Crippen LogP contribution in [-0.2, 0) is 16.6 Å². The van der Waals surface area contributed by atoms with E-state index in [2.05, 4.69) is 4.90 Å². The molecule has 4 rings (SSSR count). The number of carbonyl (C=O) groups is 1. The second kappa shape index (κ2) is 7.94. The van der Waals surface area contributed by atoms with E-state index in [1.165, 1.54) is 0 Å². The van der Waals surface area contributed by atoms with E-state index in [1.54, 1.807) is 28.6 Å². The number of piperazine rings is 1. The van der Waals surface area contributed by atoms with Crippen LogP contribution in [0.1, 0.15) is 15.9 Å². The van der Waals surface area contributed by atoms with E-state index < -0.39 is 15.9 Å². The zero-order valence-electron chi connectivity index (χ0n) is 16.0. The largest absolute Gasteiger partial charge is 0.366 e. The number of nitrogens with zero attached hydrogens (tertiary/aromatic N) is 2. The second-order valence-electron chi connectivity index (χ2n) is 7.25. The van der Waals surface area contributed by atoms with Crippen molar-refractivity contribution in [1.29, 1.82) is 0 Å². The summed E-state index contributed by atoms with van der Waals surface area (Å²) in [6, 6.07) is 20.3. The van der Waals surface area contributed by atoms with Gasteiger partial charge in [-0.3, -0.25) is 9.69 Å². The lowest BCUT2D eigenvalue weighted by Gasteiger charge is -2.34. The Morgan fingerprint density at radius 1 is 0.862 bits per heavy atom. The number of hydrogen-bond acceptors (Lipinski definition) is 4. The van der Waals surface area contributed by atoms with Crippen LogP contribution in [0.25, 0.3) is 10.8 Å². The molecule has 6 nitrogen and oxygen atoms in total. The SMILES string of the molecule is NC(=O)c1cccc(CN2CCN(S(=O)(=O)c3ccc4ccccc4c3)CC2)c1. The molecule has 3 aromatic rings. The summed E-state index contributed by atoms with van der Waals surface area (Å²) in [7, 11) is -3.52. The van der Waals surface area contributed by atoms with Gasteiger partial charge >= 0.3 is 0 Å². The minimum Gasteiger partial charge on any atom is -0.366 e. The predicted octanol–water partition coefficient (Wildman–Crippen LogP) is 2.45. The molecule has 29 heavy (non-hydrogen) atoms. The van der Waals surface area contributed by atoms with Gasteiger partial charge in [0.2, 0.25) is 15.9 Å². The summed E-state index contributed by atoms with van der Waals surface area (Å²) < 4.78 is 27.7. The number of carbonyl (C=O) groups excluding carboxylic acids is 1. The van der Waals surface area contributed by atoms with E-state index >= 15 is 0 Å². The molecule has 0 aliphatic carbocycles. The first kappa shape index (κ1) is 19.6. The van der Waals surface area contributed by atoms with Crippen molar-refractivity contribution in [2.45, 2.75) is 11.4 Å². The number of benzene rings is 3. The Hall–Kier alpha value is -2.74. The van der Waals surface area contributed by atoms with E-state index in [4.69, 9.17) is 5.73 Å². The summed E-state index contributed by atoms with van der Waals surface area (Å²) in [4.78, 5) is 13.9. The van der Waals surface area contributed by atoms with E-state index in [-0.39, 0.29) is 0 Å². The van der Waals surface area contributed by atoms with Crippen LogP contribution in [0.2, 0.25) is 0 Å². The first-order valence-electron chi connectivity index (χ1n) is 9.53. The molecule has 1 amide bonds. The Balaban J connectivity index is 1.44. The monoisotopic (exact) mass is 409 g/mol. The molecule has 1 fully saturated rings. The molecule has 1 aliphatic rings. The molecular weight excluding hydrogens is 386 g/mol. The maximum Gasteiger partial charge on any atom is 0.248 e. The summed E-state index contributed by atoms with van der Waals surface area (Å²) in [6.45, 7) is 2.79. The van der Waals surface area contributed by atoms with Crippen LogP contribution in [-0.4, -0.2) is 49.7 Å². The van der Waals surface area contributed by atoms with Gasteiger partial charge in [0.15, 0.2) is 0 Å². The van der Waals surface area contributed by atoms with Gasteiger partial charge in [-0.2, -0.15) is 4.31 Å². The van der Waals surface area contributed by atoms with E-state index in [0.717, 1.165) is 16.3 Å². The Labute approximate surface area is 170 Å². The normalized spacial score (nSPS) is 16.1. The average molecular weight is 410 g/mol. The lowest BCUT2D eigenvalue weighted by molar-refractivity contribution is 0.1000. The highest BCUT2D eigenvalue weighted by Crippen LogP contribution is 2.23. The maximum atomic E-state index is 13.1. The molecule has 150 valence electrons. The molecule has 1 aliphatic heterocycles. The van der Waals surface area contributed by atoms with Crippen molar-refractivity contribution in [3.05, 3.63) is 77.9 Å². The Kier molecular flexibility index (Phi) is 5.36. The summed E-state index contributed by atoms with van der Waals surface area (Å²) in [5.41, 5.74) is 6.82. The minimum atomic E-state index is -3.52. The molecule has 0 bridgehead atoms. The van der Waals surface area contributed by atoms with Gasteiger partial charge in [0, 0.05) is 38.3 Å². The van der Waals surface area contributed by atoms with Crippen LogP contribution < -0.4 is 5.73 Å². The van der Waals surface area contributed by atoms with Crippen molar-refractivity contribution in [2.24, 2.45) is 5.73 Å². The first-order chi connectivity index (χ1) is 13.9. The smallest absolute Gasteiger partial charge is 0.248 e. The zero-order valence-corrected chi connectivity index (χ0v) is 16.8. The van der Waals surface area contributed by atoms with E-state index in [0.29, 0.717) is 43.2 Å². The number of fused-ring (bicyclic) bond motifs is 1. The molecule has 0 aromatic heterocycles. The number of amides is 1. The van der Waals surface area contributed by atoms with Crippen molar-refractivity contribution in [1.82, 2.24) is 9.21 Å². The van der Waals surface area contributed by atoms with Crippen LogP contribution in [0.15, 0.2) is 71.6 Å². The molecule has 0 spiro atoms. The summed E-state index contributed by atoms with van der Waals surface area (Å²) in [6.07, 6.45) is 0. The van der Waals surface area contributed by atoms with Gasteiger partial charge in [0.05, 0.1) is 4.90 Å². The molecular formula is C22H23N3O3S. The fourth-order valence-corrected chi connectivity index (χ4v) is 5.14. The molecule has 7 heteroatoms. The summed E-state index contributed by atoms with van der Waals surface area (Å²) >= 11 is 0. The fourth-order valence-electron chi connectivity index (χ4n) is 3.69. The van der Waals surface area contributed by atoms with Gasteiger partial charge in [-0.1, -0.05) is 42.5 Å². The van der Waals surface area contributed by atoms with Crippen molar-refractivity contribution < 1.29 is 13.2 Å². The molecule has 3 aromatic carbocycles. The third-order valence-corrected chi connectivity index (χ3v) is 7.20. The third kappa shape index (κ3) is 4.17. The van der Waals surface area contributed by atoms with E-state index in [1.807, 2.05) is 42.5 Å². The van der Waals surface area contributed by atoms with Crippen LogP contribution in [0, 0.1) is 0 Å². The van der Waals surface area contributed by atoms with Gasteiger partial charge in [-0.25, -0.2) is 8.42 Å². The van der Waals surface area contributed by atoms with Gasteiger partial charge < -0.3 is 5.73 Å². The molecule has 0 radical (unpaired) electrons. The fraction of sp³-hybridized carbons (Fsp3) is 0.227. The Bertz CT molecular complexity index is 1150. The van der Waals surface area contributed by atoms with Gasteiger partial charge in [0.25, 0.3) is 0 Å². The minimum absolute atomic E-state index is 0.332. The van der Waals surface area contributed by atoms with Crippen LogP contribution >= 0.6 is 0 Å². The molecule has 0 unspecified atom stereocenters. The summed E-state index contributed by atoms with van der Waals surface area (Å²) in [5.74, 6) is -0.446. The van der Waals surface area contributed by atoms with Crippen molar-refractivity contribution in [3.63, 3.8) is 0 Å². The van der Waals surface area contributed by atoms with Crippen LogP contribution in [0.4, 0.5) is 0 Å². The van der Waals surface area contributed by atoms with Gasteiger partial charge in [-0.05, 0) is 40.6 Å². The average Bonchev–Trinajstić information content (AvgIpc) is 2.74. The molecule has 1 heterocycles. The number of rotatable bonds is 5. The highest BCUT2D eigenvalue weighted by molar-refractivity contribution is 7.89. The third-order valence-electron chi connectivity index (χ3n) is 5.31. The van der Waals surface area contributed by atoms with Crippen molar-refractivity contribution >= 4 is 26.7 Å². The number of nitrogens with two attached hydrogens (primary N) is 1. The molecule has 0 atom stereocenters. The second-order valence-corrected chi connectivity index (χ2v) is 9.19. The zero-order chi connectivity index (χ0) is 20.4. The topological polar surface area (TPSA) is 83.7 Å². The molecule has 0 saturated carbocycles. The maximum absolute atomic E-state index is 13.1. The Morgan fingerprint density at radius 3 is 2.31 bits per heavy atom. The standard InChI is InChI=1S/C22H23N3O3S/c23-22(26)20-7-3-4-17(14-20)16-24-10-12-25(13-11-24)29(27,28)21-9-8-18-5-1-2-6-19(18)15-21/h1-9,14-15H,10-13,16H2,(H2,23,26). The lowest BCUT2D eigenvalue weighted by Crippen LogP contribution is -2.48. The molecule has 1 saturated heterocycles. The first-order valence-corrected chi connectivity index (χ1v) is 11.0. The van der Waals surface area contributed by atoms with Gasteiger partial charge in [-0.15, -0.1) is 0 Å². The Morgan fingerprint density at radius 2 is 1.59 bits per heavy atom. The van der Waals surface area contributed by atoms with Crippen LogP contribution in [0.3, 0.4) is 0 Å². The van der Waals surface area contributed by atoms with Crippen molar-refractivity contribution in [3.8, 4) is 0 Å². The van der Waals surface area contributed by atoms with Crippen LogP contribution in [0.5, 0.6) is 0 Å². The van der Waals surface area contributed by atoms with Crippen molar-refractivity contribution in [2.75, 3.05) is 26.2 Å². The van der Waals surface area contributed by atoms with Gasteiger partial charge in [0.1, 0.15) is 0 Å². The number of primary amides is 1.